The maximum Gasteiger partial charge on any atom is 0.270 e. The van der Waals surface area contributed by atoms with Crippen LogP contribution in [0.4, 0.5) is 4.39 Å². The van der Waals surface area contributed by atoms with Gasteiger partial charge in [-0.2, -0.15) is 10.5 Å². The Morgan fingerprint density at radius 1 is 0.929 bits per heavy atom. The lowest BCUT2D eigenvalue weighted by Gasteiger charge is -2.34. The van der Waals surface area contributed by atoms with E-state index in [4.69, 9.17) is 15.3 Å². The average molecular weight is 567 g/mol. The van der Waals surface area contributed by atoms with Crippen LogP contribution in [0, 0.1) is 22.7 Å². The highest BCUT2D eigenvalue weighted by atomic mass is 19.1. The zero-order chi connectivity index (χ0) is 29.5. The standard InChI is InChI=1S/C32H31FN6O3/c33-28-21-39(16-13-30(28)42-27-8-5-23(18-35)6-9-27)32(41)25-7-10-29(36-19-25)31(40)37-26-11-14-38(15-12-26)20-24-3-1-22(17-34)2-4-24/h1-10,19,26,28,30H,11-16,20-21H2,(H,37,40)/t28-,30-/m1/s1. The van der Waals surface area contributed by atoms with Gasteiger partial charge in [-0.15, -0.1) is 0 Å². The van der Waals surface area contributed by atoms with Crippen LogP contribution in [0.5, 0.6) is 5.75 Å². The number of aromatic nitrogens is 1. The number of likely N-dealkylation sites (tertiary alicyclic amines) is 2. The highest BCUT2D eigenvalue weighted by Gasteiger charge is 2.33. The zero-order valence-corrected chi connectivity index (χ0v) is 23.1. The third kappa shape index (κ3) is 7.09. The molecule has 2 aliphatic rings. The molecule has 0 spiro atoms. The van der Waals surface area contributed by atoms with Crippen LogP contribution in [-0.4, -0.2) is 71.1 Å². The number of alkyl halides is 1. The number of carbonyl (C=O) groups is 2. The first-order chi connectivity index (χ1) is 20.4. The maximum atomic E-state index is 14.9. The molecule has 5 rings (SSSR count). The van der Waals surface area contributed by atoms with Gasteiger partial charge in [0.25, 0.3) is 11.8 Å². The van der Waals surface area contributed by atoms with Gasteiger partial charge in [0, 0.05) is 44.8 Å². The van der Waals surface area contributed by atoms with Crippen LogP contribution >= 0.6 is 0 Å². The van der Waals surface area contributed by atoms with E-state index < -0.39 is 12.3 Å². The summed E-state index contributed by atoms with van der Waals surface area (Å²) in [5.74, 6) is -0.152. The van der Waals surface area contributed by atoms with E-state index in [2.05, 4.69) is 21.3 Å². The molecule has 1 N–H and O–H groups in total. The van der Waals surface area contributed by atoms with E-state index >= 15 is 0 Å². The summed E-state index contributed by atoms with van der Waals surface area (Å²) in [6.45, 7) is 2.71. The normalized spacial score (nSPS) is 19.4. The molecule has 0 unspecified atom stereocenters. The molecular formula is C32H31FN6O3. The van der Waals surface area contributed by atoms with Gasteiger partial charge in [0.05, 0.1) is 35.4 Å². The Kier molecular flexibility index (Phi) is 9.05. The van der Waals surface area contributed by atoms with Crippen molar-refractivity contribution in [2.75, 3.05) is 26.2 Å². The molecule has 3 aromatic rings. The molecule has 0 bridgehead atoms. The predicted molar refractivity (Wildman–Crippen MR) is 152 cm³/mol. The van der Waals surface area contributed by atoms with Gasteiger partial charge in [-0.3, -0.25) is 19.5 Å². The van der Waals surface area contributed by atoms with Gasteiger partial charge in [-0.05, 0) is 66.9 Å². The number of pyridine rings is 1. The van der Waals surface area contributed by atoms with E-state index in [-0.39, 0.29) is 30.1 Å². The topological polar surface area (TPSA) is 122 Å². The lowest BCUT2D eigenvalue weighted by Crippen LogP contribution is -2.49. The van der Waals surface area contributed by atoms with Crippen molar-refractivity contribution in [3.8, 4) is 17.9 Å². The number of amides is 2. The minimum Gasteiger partial charge on any atom is -0.487 e. The van der Waals surface area contributed by atoms with Crippen LogP contribution < -0.4 is 10.1 Å². The number of nitriles is 2. The third-order valence-electron chi connectivity index (χ3n) is 7.69. The van der Waals surface area contributed by atoms with Crippen molar-refractivity contribution < 1.29 is 18.7 Å². The Bertz CT molecular complexity index is 1470. The van der Waals surface area contributed by atoms with Gasteiger partial charge in [0.15, 0.2) is 6.17 Å². The first kappa shape index (κ1) is 28.7. The molecule has 0 aliphatic carbocycles. The number of piperidine rings is 2. The number of benzene rings is 2. The van der Waals surface area contributed by atoms with E-state index in [1.807, 2.05) is 30.3 Å². The fraction of sp³-hybridized carbons (Fsp3) is 0.344. The predicted octanol–water partition coefficient (Wildman–Crippen LogP) is 3.85. The molecule has 2 fully saturated rings. The van der Waals surface area contributed by atoms with E-state index in [1.165, 1.54) is 17.2 Å². The monoisotopic (exact) mass is 566 g/mol. The molecule has 10 heteroatoms. The van der Waals surface area contributed by atoms with Crippen LogP contribution in [0.25, 0.3) is 0 Å². The molecule has 2 atom stereocenters. The highest BCUT2D eigenvalue weighted by molar-refractivity contribution is 5.96. The molecule has 0 radical (unpaired) electrons. The van der Waals surface area contributed by atoms with Crippen molar-refractivity contribution in [3.63, 3.8) is 0 Å². The van der Waals surface area contributed by atoms with E-state index in [9.17, 15) is 14.0 Å². The Morgan fingerprint density at radius 2 is 1.60 bits per heavy atom. The number of rotatable bonds is 7. The second-order valence-electron chi connectivity index (χ2n) is 10.6. The van der Waals surface area contributed by atoms with Crippen LogP contribution in [0.1, 0.15) is 56.8 Å². The summed E-state index contributed by atoms with van der Waals surface area (Å²) in [6, 6.07) is 21.3. The first-order valence-electron chi connectivity index (χ1n) is 14.0. The third-order valence-corrected chi connectivity index (χ3v) is 7.69. The Labute approximate surface area is 244 Å². The largest absolute Gasteiger partial charge is 0.487 e. The van der Waals surface area contributed by atoms with Crippen molar-refractivity contribution >= 4 is 11.8 Å². The molecular weight excluding hydrogens is 535 g/mol. The lowest BCUT2D eigenvalue weighted by molar-refractivity contribution is 0.0202. The lowest BCUT2D eigenvalue weighted by atomic mass is 10.0. The van der Waals surface area contributed by atoms with Crippen molar-refractivity contribution in [1.29, 1.82) is 10.5 Å². The summed E-state index contributed by atoms with van der Waals surface area (Å²) >= 11 is 0. The maximum absolute atomic E-state index is 14.9. The number of ether oxygens (including phenoxy) is 1. The van der Waals surface area contributed by atoms with Gasteiger partial charge >= 0.3 is 0 Å². The summed E-state index contributed by atoms with van der Waals surface area (Å²) < 4.78 is 20.7. The van der Waals surface area contributed by atoms with Crippen molar-refractivity contribution in [2.24, 2.45) is 0 Å². The van der Waals surface area contributed by atoms with Crippen LogP contribution in [0.3, 0.4) is 0 Å². The van der Waals surface area contributed by atoms with E-state index in [0.29, 0.717) is 35.4 Å². The van der Waals surface area contributed by atoms with Crippen LogP contribution in [-0.2, 0) is 6.54 Å². The molecule has 0 saturated carbocycles. The van der Waals surface area contributed by atoms with E-state index in [1.54, 1.807) is 30.3 Å². The summed E-state index contributed by atoms with van der Waals surface area (Å²) in [6.07, 6.45) is 1.26. The van der Waals surface area contributed by atoms with Crippen LogP contribution in [0.15, 0.2) is 66.9 Å². The number of hydrogen-bond donors (Lipinski definition) is 1. The molecule has 2 aliphatic heterocycles. The molecule has 2 saturated heterocycles. The summed E-state index contributed by atoms with van der Waals surface area (Å²) in [4.78, 5) is 33.8. The van der Waals surface area contributed by atoms with E-state index in [0.717, 1.165) is 38.0 Å². The second-order valence-corrected chi connectivity index (χ2v) is 10.6. The fourth-order valence-corrected chi connectivity index (χ4v) is 5.26. The van der Waals surface area contributed by atoms with Gasteiger partial charge in [-0.1, -0.05) is 12.1 Å². The number of hydrogen-bond acceptors (Lipinski definition) is 7. The van der Waals surface area contributed by atoms with Gasteiger partial charge < -0.3 is 15.0 Å². The summed E-state index contributed by atoms with van der Waals surface area (Å²) in [5, 5.41) is 20.9. The van der Waals surface area contributed by atoms with Crippen LogP contribution in [0.2, 0.25) is 0 Å². The quantitative estimate of drug-likeness (QED) is 0.461. The zero-order valence-electron chi connectivity index (χ0n) is 23.1. The van der Waals surface area contributed by atoms with Gasteiger partial charge in [0.2, 0.25) is 0 Å². The molecule has 3 heterocycles. The Hall–Kier alpha value is -4.80. The van der Waals surface area contributed by atoms with Crippen molar-refractivity contribution in [1.82, 2.24) is 20.1 Å². The molecule has 1 aromatic heterocycles. The number of halogens is 1. The summed E-state index contributed by atoms with van der Waals surface area (Å²) in [7, 11) is 0. The Balaban J connectivity index is 1.07. The molecule has 2 aromatic carbocycles. The fourth-order valence-electron chi connectivity index (χ4n) is 5.26. The average Bonchev–Trinajstić information content (AvgIpc) is 3.03. The molecule has 214 valence electrons. The SMILES string of the molecule is N#Cc1ccc(CN2CCC(NC(=O)c3ccc(C(=O)N4CC[C@@H](Oc5ccc(C#N)cc5)[C@H](F)C4)cn3)CC2)cc1. The molecule has 2 amide bonds. The molecule has 9 nitrogen and oxygen atoms in total. The number of nitrogens with one attached hydrogen (secondary N) is 1. The minimum atomic E-state index is -1.37. The van der Waals surface area contributed by atoms with Gasteiger partial charge in [-0.25, -0.2) is 4.39 Å². The smallest absolute Gasteiger partial charge is 0.270 e. The first-order valence-corrected chi connectivity index (χ1v) is 14.0. The van der Waals surface area contributed by atoms with Gasteiger partial charge in [0.1, 0.15) is 17.5 Å². The number of carbonyl (C=O) groups excluding carboxylic acids is 2. The Morgan fingerprint density at radius 3 is 2.19 bits per heavy atom. The summed E-state index contributed by atoms with van der Waals surface area (Å²) in [5.41, 5.74) is 2.81. The van der Waals surface area contributed by atoms with Crippen molar-refractivity contribution in [3.05, 3.63) is 94.8 Å². The molecule has 42 heavy (non-hydrogen) atoms. The highest BCUT2D eigenvalue weighted by Crippen LogP contribution is 2.23. The van der Waals surface area contributed by atoms with Crippen molar-refractivity contribution in [2.45, 2.75) is 44.1 Å². The number of nitrogens with zero attached hydrogens (tertiary/aromatic N) is 5. The second kappa shape index (κ2) is 13.2. The minimum absolute atomic E-state index is 0.0344.